The maximum absolute atomic E-state index is 13.0. The van der Waals surface area contributed by atoms with Crippen LogP contribution in [0.2, 0.25) is 0 Å². The van der Waals surface area contributed by atoms with Gasteiger partial charge in [-0.25, -0.2) is 4.98 Å². The highest BCUT2D eigenvalue weighted by Crippen LogP contribution is 2.32. The molecule has 2 aromatic heterocycles. The van der Waals surface area contributed by atoms with E-state index in [-0.39, 0.29) is 16.7 Å². The van der Waals surface area contributed by atoms with Gasteiger partial charge in [0.15, 0.2) is 5.16 Å². The molecule has 0 radical (unpaired) electrons. The fourth-order valence-corrected chi connectivity index (χ4v) is 4.84. The van der Waals surface area contributed by atoms with Crippen LogP contribution in [-0.2, 0) is 11.3 Å². The van der Waals surface area contributed by atoms with E-state index in [2.05, 4.69) is 6.58 Å². The molecule has 1 unspecified atom stereocenters. The van der Waals surface area contributed by atoms with Gasteiger partial charge in [-0.05, 0) is 18.6 Å². The third-order valence-electron chi connectivity index (χ3n) is 4.06. The largest absolute Gasteiger partial charge is 0.348 e. The molecular formula is C20H21N3O2S2. The van der Waals surface area contributed by atoms with Crippen LogP contribution in [0.25, 0.3) is 20.7 Å². The van der Waals surface area contributed by atoms with Gasteiger partial charge >= 0.3 is 0 Å². The predicted molar refractivity (Wildman–Crippen MR) is 114 cm³/mol. The summed E-state index contributed by atoms with van der Waals surface area (Å²) in [4.78, 5) is 33.2. The highest BCUT2D eigenvalue weighted by molar-refractivity contribution is 8.00. The standard InChI is InChI=1S/C20H21N3O2S2/c1-5-11-23-19(25)15-12-16(14-9-7-6-8-10-14)27-17(15)21-20(23)26-13(2)18(24)22(3)4/h5-10,12-13H,1,11H2,2-4H3. The average molecular weight is 400 g/mol. The second-order valence-electron chi connectivity index (χ2n) is 6.29. The van der Waals surface area contributed by atoms with Crippen LogP contribution in [0.3, 0.4) is 0 Å². The molecule has 0 fully saturated rings. The zero-order valence-electron chi connectivity index (χ0n) is 15.5. The molecule has 0 bridgehead atoms. The Hall–Kier alpha value is -2.38. The Morgan fingerprint density at radius 3 is 2.70 bits per heavy atom. The Morgan fingerprint density at radius 2 is 2.07 bits per heavy atom. The number of carbonyl (C=O) groups excluding carboxylic acids is 1. The summed E-state index contributed by atoms with van der Waals surface area (Å²) in [6, 6.07) is 11.8. The fraction of sp³-hybridized carbons (Fsp3) is 0.250. The zero-order chi connectivity index (χ0) is 19.6. The second kappa shape index (κ2) is 8.10. The molecule has 0 aliphatic rings. The van der Waals surface area contributed by atoms with Crippen LogP contribution >= 0.6 is 23.1 Å². The van der Waals surface area contributed by atoms with Crippen LogP contribution in [0.5, 0.6) is 0 Å². The van der Waals surface area contributed by atoms with E-state index < -0.39 is 0 Å². The zero-order valence-corrected chi connectivity index (χ0v) is 17.1. The van der Waals surface area contributed by atoms with Crippen molar-refractivity contribution in [2.45, 2.75) is 23.9 Å². The number of benzene rings is 1. The van der Waals surface area contributed by atoms with Crippen LogP contribution in [0.4, 0.5) is 0 Å². The van der Waals surface area contributed by atoms with Gasteiger partial charge in [-0.2, -0.15) is 0 Å². The van der Waals surface area contributed by atoms with Gasteiger partial charge < -0.3 is 4.90 Å². The smallest absolute Gasteiger partial charge is 0.263 e. The first kappa shape index (κ1) is 19.4. The van der Waals surface area contributed by atoms with E-state index in [0.29, 0.717) is 21.9 Å². The van der Waals surface area contributed by atoms with Crippen molar-refractivity contribution in [1.29, 1.82) is 0 Å². The maximum Gasteiger partial charge on any atom is 0.263 e. The Kier molecular flexibility index (Phi) is 5.82. The van der Waals surface area contributed by atoms with Gasteiger partial charge in [0.1, 0.15) is 4.83 Å². The van der Waals surface area contributed by atoms with E-state index in [9.17, 15) is 9.59 Å². The van der Waals surface area contributed by atoms with Crippen LogP contribution in [0, 0.1) is 0 Å². The van der Waals surface area contributed by atoms with E-state index in [1.165, 1.54) is 23.1 Å². The molecule has 0 spiro atoms. The molecule has 1 amide bonds. The average Bonchev–Trinajstić information content (AvgIpc) is 3.09. The molecule has 27 heavy (non-hydrogen) atoms. The molecule has 140 valence electrons. The molecule has 3 aromatic rings. The summed E-state index contributed by atoms with van der Waals surface area (Å²) in [6.45, 7) is 5.92. The number of amides is 1. The lowest BCUT2D eigenvalue weighted by Gasteiger charge is -2.17. The summed E-state index contributed by atoms with van der Waals surface area (Å²) in [5.41, 5.74) is 0.950. The highest BCUT2D eigenvalue weighted by atomic mass is 32.2. The number of rotatable bonds is 6. The number of hydrogen-bond acceptors (Lipinski definition) is 5. The molecule has 5 nitrogen and oxygen atoms in total. The van der Waals surface area contributed by atoms with Gasteiger partial charge in [-0.15, -0.1) is 17.9 Å². The van der Waals surface area contributed by atoms with E-state index in [1.807, 2.05) is 43.3 Å². The molecule has 0 saturated carbocycles. The summed E-state index contributed by atoms with van der Waals surface area (Å²) in [5, 5.41) is 0.794. The number of aromatic nitrogens is 2. The van der Waals surface area contributed by atoms with Crippen molar-refractivity contribution in [2.24, 2.45) is 0 Å². The van der Waals surface area contributed by atoms with E-state index in [4.69, 9.17) is 4.98 Å². The number of nitrogens with zero attached hydrogens (tertiary/aromatic N) is 3. The minimum absolute atomic E-state index is 0.0179. The van der Waals surface area contributed by atoms with Crippen molar-refractivity contribution in [3.8, 4) is 10.4 Å². The highest BCUT2D eigenvalue weighted by Gasteiger charge is 2.21. The third kappa shape index (κ3) is 3.99. The van der Waals surface area contributed by atoms with Crippen molar-refractivity contribution in [1.82, 2.24) is 14.5 Å². The van der Waals surface area contributed by atoms with Crippen molar-refractivity contribution >= 4 is 39.2 Å². The lowest BCUT2D eigenvalue weighted by Crippen LogP contribution is -2.31. The first-order valence-corrected chi connectivity index (χ1v) is 10.2. The van der Waals surface area contributed by atoms with Crippen LogP contribution in [-0.4, -0.2) is 39.7 Å². The number of carbonyl (C=O) groups is 1. The topological polar surface area (TPSA) is 55.2 Å². The molecule has 0 aliphatic heterocycles. The van der Waals surface area contributed by atoms with Crippen molar-refractivity contribution in [3.63, 3.8) is 0 Å². The lowest BCUT2D eigenvalue weighted by molar-refractivity contribution is -0.127. The van der Waals surface area contributed by atoms with E-state index in [0.717, 1.165) is 10.4 Å². The Balaban J connectivity index is 2.10. The summed E-state index contributed by atoms with van der Waals surface area (Å²) >= 11 is 2.79. The van der Waals surface area contributed by atoms with Crippen LogP contribution < -0.4 is 5.56 Å². The van der Waals surface area contributed by atoms with Crippen molar-refractivity contribution in [3.05, 3.63) is 59.4 Å². The van der Waals surface area contributed by atoms with Crippen molar-refractivity contribution < 1.29 is 4.79 Å². The Bertz CT molecular complexity index is 1040. The first-order chi connectivity index (χ1) is 12.9. The molecule has 0 saturated heterocycles. The first-order valence-electron chi connectivity index (χ1n) is 8.51. The predicted octanol–water partition coefficient (Wildman–Crippen LogP) is 3.88. The third-order valence-corrected chi connectivity index (χ3v) is 6.21. The normalized spacial score (nSPS) is 12.1. The molecule has 7 heteroatoms. The van der Waals surface area contributed by atoms with Gasteiger partial charge in [0.25, 0.3) is 5.56 Å². The number of fused-ring (bicyclic) bond motifs is 1. The van der Waals surface area contributed by atoms with E-state index in [1.54, 1.807) is 29.6 Å². The summed E-state index contributed by atoms with van der Waals surface area (Å²) < 4.78 is 1.58. The molecular weight excluding hydrogens is 378 g/mol. The minimum atomic E-state index is -0.339. The summed E-state index contributed by atoms with van der Waals surface area (Å²) in [5.74, 6) is -0.0179. The quantitative estimate of drug-likeness (QED) is 0.359. The van der Waals surface area contributed by atoms with E-state index >= 15 is 0 Å². The second-order valence-corrected chi connectivity index (χ2v) is 8.63. The van der Waals surface area contributed by atoms with Crippen LogP contribution in [0.1, 0.15) is 6.92 Å². The number of thiophene rings is 1. The molecule has 1 aromatic carbocycles. The summed E-state index contributed by atoms with van der Waals surface area (Å²) in [7, 11) is 3.44. The number of thioether (sulfide) groups is 1. The van der Waals surface area contributed by atoms with Gasteiger partial charge in [0, 0.05) is 25.5 Å². The van der Waals surface area contributed by atoms with Crippen LogP contribution in [0.15, 0.2) is 59.0 Å². The Morgan fingerprint density at radius 1 is 1.37 bits per heavy atom. The molecule has 2 heterocycles. The number of allylic oxidation sites excluding steroid dienone is 1. The minimum Gasteiger partial charge on any atom is -0.348 e. The molecule has 1 atom stereocenters. The van der Waals surface area contributed by atoms with Gasteiger partial charge in [-0.3, -0.25) is 14.2 Å². The van der Waals surface area contributed by atoms with Gasteiger partial charge in [-0.1, -0.05) is 48.2 Å². The van der Waals surface area contributed by atoms with Gasteiger partial charge in [0.05, 0.1) is 10.6 Å². The molecule has 3 rings (SSSR count). The molecule has 0 N–H and O–H groups in total. The van der Waals surface area contributed by atoms with Gasteiger partial charge in [0.2, 0.25) is 5.91 Å². The fourth-order valence-electron chi connectivity index (χ4n) is 2.69. The monoisotopic (exact) mass is 399 g/mol. The summed E-state index contributed by atoms with van der Waals surface area (Å²) in [6.07, 6.45) is 1.67. The van der Waals surface area contributed by atoms with Crippen molar-refractivity contribution in [2.75, 3.05) is 14.1 Å². The number of hydrogen-bond donors (Lipinski definition) is 0. The SMILES string of the molecule is C=CCn1c(SC(C)C(=O)N(C)C)nc2sc(-c3ccccc3)cc2c1=O. The molecule has 0 aliphatic carbocycles. The lowest BCUT2D eigenvalue weighted by atomic mass is 10.2. The Labute approximate surface area is 166 Å². The maximum atomic E-state index is 13.0.